The summed E-state index contributed by atoms with van der Waals surface area (Å²) in [5, 5.41) is 9.10. The molecule has 0 radical (unpaired) electrons. The van der Waals surface area contributed by atoms with Gasteiger partial charge in [0.1, 0.15) is 0 Å². The number of hydrogen-bond acceptors (Lipinski definition) is 4. The van der Waals surface area contributed by atoms with Crippen LogP contribution < -0.4 is 9.47 Å². The zero-order valence-corrected chi connectivity index (χ0v) is 10.1. The van der Waals surface area contributed by atoms with E-state index in [4.69, 9.17) is 19.5 Å². The lowest BCUT2D eigenvalue weighted by Crippen LogP contribution is -2.05. The maximum atomic E-state index is 9.10. The van der Waals surface area contributed by atoms with Crippen molar-refractivity contribution < 1.29 is 14.2 Å². The van der Waals surface area contributed by atoms with Crippen LogP contribution in [0.2, 0.25) is 0 Å². The number of nitrogens with zero attached hydrogens (tertiary/aromatic N) is 1. The van der Waals surface area contributed by atoms with Gasteiger partial charge in [-0.15, -0.1) is 0 Å². The lowest BCUT2D eigenvalue weighted by atomic mass is 9.96. The second-order valence-electron chi connectivity index (χ2n) is 4.57. The quantitative estimate of drug-likeness (QED) is 0.762. The van der Waals surface area contributed by atoms with Gasteiger partial charge in [-0.3, -0.25) is 0 Å². The Labute approximate surface area is 106 Å². The molecule has 4 heteroatoms. The number of fused-ring (bicyclic) bond motifs is 1. The van der Waals surface area contributed by atoms with Gasteiger partial charge in [0.25, 0.3) is 0 Å². The van der Waals surface area contributed by atoms with Gasteiger partial charge in [0.15, 0.2) is 11.5 Å². The van der Waals surface area contributed by atoms with E-state index in [1.807, 2.05) is 18.2 Å². The van der Waals surface area contributed by atoms with Crippen molar-refractivity contribution >= 4 is 0 Å². The molecule has 1 saturated heterocycles. The minimum Gasteiger partial charge on any atom is -0.490 e. The summed E-state index contributed by atoms with van der Waals surface area (Å²) in [6, 6.07) is 8.13. The fourth-order valence-electron chi connectivity index (χ4n) is 2.41. The summed E-state index contributed by atoms with van der Waals surface area (Å²) in [5.74, 6) is 1.48. The van der Waals surface area contributed by atoms with Gasteiger partial charge in [-0.05, 0) is 24.1 Å². The third kappa shape index (κ3) is 2.02. The number of nitriles is 1. The van der Waals surface area contributed by atoms with Gasteiger partial charge < -0.3 is 14.2 Å². The van der Waals surface area contributed by atoms with Gasteiger partial charge in [0.2, 0.25) is 0 Å². The smallest absolute Gasteiger partial charge is 0.161 e. The maximum absolute atomic E-state index is 9.10. The molecule has 2 heterocycles. The molecule has 94 valence electrons. The molecule has 4 nitrogen and oxygen atoms in total. The van der Waals surface area contributed by atoms with Crippen LogP contribution in [0.25, 0.3) is 0 Å². The molecule has 18 heavy (non-hydrogen) atoms. The van der Waals surface area contributed by atoms with Gasteiger partial charge in [0, 0.05) is 13.0 Å². The molecular weight excluding hydrogens is 230 g/mol. The SMILES string of the molecule is N#CC1CCOC1c1ccc2c(c1)OCCCO2. The summed E-state index contributed by atoms with van der Waals surface area (Å²) in [6.07, 6.45) is 1.56. The fraction of sp³-hybridized carbons (Fsp3) is 0.500. The van der Waals surface area contributed by atoms with Crippen LogP contribution in [0.15, 0.2) is 18.2 Å². The second-order valence-corrected chi connectivity index (χ2v) is 4.57. The zero-order chi connectivity index (χ0) is 12.4. The first-order valence-corrected chi connectivity index (χ1v) is 6.29. The third-order valence-corrected chi connectivity index (χ3v) is 3.36. The molecule has 1 aromatic carbocycles. The van der Waals surface area contributed by atoms with Gasteiger partial charge >= 0.3 is 0 Å². The van der Waals surface area contributed by atoms with Crippen molar-refractivity contribution in [2.24, 2.45) is 5.92 Å². The van der Waals surface area contributed by atoms with Crippen LogP contribution in [0.5, 0.6) is 11.5 Å². The Bertz CT molecular complexity index is 480. The van der Waals surface area contributed by atoms with Gasteiger partial charge in [-0.2, -0.15) is 5.26 Å². The summed E-state index contributed by atoms with van der Waals surface area (Å²) < 4.78 is 16.9. The molecule has 2 atom stereocenters. The summed E-state index contributed by atoms with van der Waals surface area (Å²) in [6.45, 7) is 2.01. The highest BCUT2D eigenvalue weighted by Crippen LogP contribution is 2.38. The average molecular weight is 245 g/mol. The first kappa shape index (κ1) is 11.4. The maximum Gasteiger partial charge on any atom is 0.161 e. The van der Waals surface area contributed by atoms with Crippen molar-refractivity contribution in [1.82, 2.24) is 0 Å². The van der Waals surface area contributed by atoms with Gasteiger partial charge in [-0.25, -0.2) is 0 Å². The second kappa shape index (κ2) is 4.87. The molecule has 0 saturated carbocycles. The summed E-state index contributed by atoms with van der Waals surface area (Å²) >= 11 is 0. The van der Waals surface area contributed by atoms with Crippen LogP contribution in [0.3, 0.4) is 0 Å². The first-order chi connectivity index (χ1) is 8.88. The standard InChI is InChI=1S/C14H15NO3/c15-9-11-4-7-18-14(11)10-2-3-12-13(8-10)17-6-1-5-16-12/h2-3,8,11,14H,1,4-7H2. The van der Waals surface area contributed by atoms with E-state index in [1.54, 1.807) is 0 Å². The number of hydrogen-bond donors (Lipinski definition) is 0. The average Bonchev–Trinajstić information content (AvgIpc) is 2.76. The summed E-state index contributed by atoms with van der Waals surface area (Å²) in [5.41, 5.74) is 1.00. The van der Waals surface area contributed by atoms with E-state index in [1.165, 1.54) is 0 Å². The minimum absolute atomic E-state index is 0.0604. The van der Waals surface area contributed by atoms with E-state index >= 15 is 0 Å². The lowest BCUT2D eigenvalue weighted by Gasteiger charge is -2.15. The molecule has 0 amide bonds. The highest BCUT2D eigenvalue weighted by Gasteiger charge is 2.30. The van der Waals surface area contributed by atoms with Crippen molar-refractivity contribution in [1.29, 1.82) is 5.26 Å². The molecule has 2 unspecified atom stereocenters. The molecule has 1 aromatic rings. The number of ether oxygens (including phenoxy) is 3. The van der Waals surface area contributed by atoms with Gasteiger partial charge in [-0.1, -0.05) is 6.07 Å². The van der Waals surface area contributed by atoms with E-state index in [9.17, 15) is 0 Å². The van der Waals surface area contributed by atoms with Crippen LogP contribution in [0.1, 0.15) is 24.5 Å². The van der Waals surface area contributed by atoms with E-state index in [0.29, 0.717) is 19.8 Å². The van der Waals surface area contributed by atoms with E-state index in [2.05, 4.69) is 6.07 Å². The van der Waals surface area contributed by atoms with Crippen LogP contribution in [0.4, 0.5) is 0 Å². The Balaban J connectivity index is 1.90. The predicted octanol–water partition coefficient (Wildman–Crippen LogP) is 2.45. The van der Waals surface area contributed by atoms with Gasteiger partial charge in [0.05, 0.1) is 31.3 Å². The molecule has 0 aliphatic carbocycles. The molecule has 0 aromatic heterocycles. The summed E-state index contributed by atoms with van der Waals surface area (Å²) in [4.78, 5) is 0. The molecular formula is C14H15NO3. The minimum atomic E-state index is -0.132. The molecule has 3 rings (SSSR count). The molecule has 0 spiro atoms. The fourth-order valence-corrected chi connectivity index (χ4v) is 2.41. The summed E-state index contributed by atoms with van der Waals surface area (Å²) in [7, 11) is 0. The predicted molar refractivity (Wildman–Crippen MR) is 64.5 cm³/mol. The normalized spacial score (nSPS) is 26.4. The Morgan fingerprint density at radius 3 is 2.78 bits per heavy atom. The van der Waals surface area contributed by atoms with E-state index < -0.39 is 0 Å². The number of benzene rings is 1. The van der Waals surface area contributed by atoms with E-state index in [-0.39, 0.29) is 12.0 Å². The van der Waals surface area contributed by atoms with Crippen LogP contribution in [-0.4, -0.2) is 19.8 Å². The Hall–Kier alpha value is -1.73. The molecule has 0 N–H and O–H groups in total. The zero-order valence-electron chi connectivity index (χ0n) is 10.1. The Morgan fingerprint density at radius 2 is 1.94 bits per heavy atom. The largest absolute Gasteiger partial charge is 0.490 e. The van der Waals surface area contributed by atoms with Crippen molar-refractivity contribution in [3.8, 4) is 17.6 Å². The van der Waals surface area contributed by atoms with Crippen molar-refractivity contribution in [3.63, 3.8) is 0 Å². The van der Waals surface area contributed by atoms with E-state index in [0.717, 1.165) is 29.9 Å². The Kier molecular flexibility index (Phi) is 3.07. The van der Waals surface area contributed by atoms with Crippen LogP contribution >= 0.6 is 0 Å². The first-order valence-electron chi connectivity index (χ1n) is 6.29. The van der Waals surface area contributed by atoms with Crippen LogP contribution in [0, 0.1) is 17.2 Å². The Morgan fingerprint density at radius 1 is 1.11 bits per heavy atom. The molecule has 1 fully saturated rings. The number of rotatable bonds is 1. The third-order valence-electron chi connectivity index (χ3n) is 3.36. The van der Waals surface area contributed by atoms with Crippen LogP contribution in [-0.2, 0) is 4.74 Å². The highest BCUT2D eigenvalue weighted by atomic mass is 16.5. The highest BCUT2D eigenvalue weighted by molar-refractivity contribution is 5.44. The molecule has 2 aliphatic rings. The topological polar surface area (TPSA) is 51.5 Å². The molecule has 0 bridgehead atoms. The lowest BCUT2D eigenvalue weighted by molar-refractivity contribution is 0.100. The van der Waals surface area contributed by atoms with Crippen molar-refractivity contribution in [2.75, 3.05) is 19.8 Å². The van der Waals surface area contributed by atoms with Crippen molar-refractivity contribution in [2.45, 2.75) is 18.9 Å². The monoisotopic (exact) mass is 245 g/mol. The van der Waals surface area contributed by atoms with Crippen molar-refractivity contribution in [3.05, 3.63) is 23.8 Å². The molecule has 2 aliphatic heterocycles.